The van der Waals surface area contributed by atoms with Crippen LogP contribution in [0.1, 0.15) is 5.69 Å². The molecule has 0 aliphatic carbocycles. The zero-order valence-corrected chi connectivity index (χ0v) is 16.2. The molecule has 0 atom stereocenters. The minimum Gasteiger partial charge on any atom is -0.497 e. The number of hydrogen-bond donors (Lipinski definition) is 0. The van der Waals surface area contributed by atoms with Gasteiger partial charge in [0.15, 0.2) is 0 Å². The molecular weight excluding hydrogens is 372 g/mol. The molecule has 0 unspecified atom stereocenters. The van der Waals surface area contributed by atoms with E-state index in [0.717, 1.165) is 33.5 Å². The van der Waals surface area contributed by atoms with E-state index in [-0.39, 0.29) is 5.56 Å². The lowest BCUT2D eigenvalue weighted by Gasteiger charge is -2.14. The molecule has 0 aliphatic rings. The first-order chi connectivity index (χ1) is 13.7. The summed E-state index contributed by atoms with van der Waals surface area (Å²) in [7, 11) is 1.63. The van der Waals surface area contributed by atoms with Gasteiger partial charge in [0, 0.05) is 41.3 Å². The quantitative estimate of drug-likeness (QED) is 0.483. The Labute approximate surface area is 168 Å². The highest BCUT2D eigenvalue weighted by atomic mass is 35.5. The molecule has 0 amide bonds. The number of methoxy groups -OCH3 is 1. The second-order valence-corrected chi connectivity index (χ2v) is 6.95. The molecule has 4 nitrogen and oxygen atoms in total. The van der Waals surface area contributed by atoms with Crippen LogP contribution in [0, 0.1) is 0 Å². The van der Waals surface area contributed by atoms with Crippen LogP contribution < -0.4 is 10.3 Å². The number of aryl methyl sites for hydroxylation is 2. The van der Waals surface area contributed by atoms with E-state index in [4.69, 9.17) is 16.3 Å². The van der Waals surface area contributed by atoms with Crippen molar-refractivity contribution in [2.45, 2.75) is 13.0 Å². The molecule has 2 aromatic heterocycles. The van der Waals surface area contributed by atoms with Crippen LogP contribution in [0.25, 0.3) is 22.0 Å². The number of aromatic nitrogens is 2. The van der Waals surface area contributed by atoms with Crippen LogP contribution in [-0.2, 0) is 13.0 Å². The molecule has 28 heavy (non-hydrogen) atoms. The van der Waals surface area contributed by atoms with Gasteiger partial charge in [-0.3, -0.25) is 9.78 Å². The predicted octanol–water partition coefficient (Wildman–Crippen LogP) is 4.97. The summed E-state index contributed by atoms with van der Waals surface area (Å²) in [5, 5.41) is 1.58. The lowest BCUT2D eigenvalue weighted by molar-refractivity contribution is 0.415. The molecule has 140 valence electrons. The predicted molar refractivity (Wildman–Crippen MR) is 113 cm³/mol. The molecule has 5 heteroatoms. The van der Waals surface area contributed by atoms with Crippen LogP contribution in [0.15, 0.2) is 77.7 Å². The highest BCUT2D eigenvalue weighted by Gasteiger charge is 2.12. The Morgan fingerprint density at radius 1 is 1.04 bits per heavy atom. The standard InChI is InChI=1S/C23H19ClN2O2/c1-28-19-8-5-16(6-9-19)20-15-23(27)26(13-11-18-4-2-3-12-25-18)22-10-7-17(24)14-21(20)22/h2-10,12,14-15H,11,13H2,1H3. The maximum atomic E-state index is 12.9. The fraction of sp³-hybridized carbons (Fsp3) is 0.130. The summed E-state index contributed by atoms with van der Waals surface area (Å²) >= 11 is 6.27. The van der Waals surface area contributed by atoms with Crippen molar-refractivity contribution < 1.29 is 4.74 Å². The second kappa shape index (κ2) is 7.87. The Balaban J connectivity index is 1.82. The van der Waals surface area contributed by atoms with Gasteiger partial charge in [-0.1, -0.05) is 29.8 Å². The number of hydrogen-bond acceptors (Lipinski definition) is 3. The molecule has 0 radical (unpaired) electrons. The van der Waals surface area contributed by atoms with Crippen LogP contribution in [-0.4, -0.2) is 16.7 Å². The smallest absolute Gasteiger partial charge is 0.251 e. The van der Waals surface area contributed by atoms with Gasteiger partial charge in [0.25, 0.3) is 5.56 Å². The number of halogens is 1. The molecule has 0 spiro atoms. The summed E-state index contributed by atoms with van der Waals surface area (Å²) in [5.74, 6) is 0.773. The fourth-order valence-electron chi connectivity index (χ4n) is 3.37. The van der Waals surface area contributed by atoms with E-state index >= 15 is 0 Å². The first-order valence-electron chi connectivity index (χ1n) is 9.03. The molecule has 0 aliphatic heterocycles. The number of pyridine rings is 2. The minimum atomic E-state index is -0.0448. The fourth-order valence-corrected chi connectivity index (χ4v) is 3.54. The van der Waals surface area contributed by atoms with Crippen LogP contribution in [0.4, 0.5) is 0 Å². The molecule has 0 bridgehead atoms. The van der Waals surface area contributed by atoms with E-state index < -0.39 is 0 Å². The molecule has 0 fully saturated rings. The minimum absolute atomic E-state index is 0.0448. The molecule has 2 aromatic carbocycles. The Morgan fingerprint density at radius 2 is 1.86 bits per heavy atom. The summed E-state index contributed by atoms with van der Waals surface area (Å²) in [6, 6.07) is 20.8. The highest BCUT2D eigenvalue weighted by molar-refractivity contribution is 6.31. The van der Waals surface area contributed by atoms with Crippen LogP contribution in [0.5, 0.6) is 5.75 Å². The third-order valence-electron chi connectivity index (χ3n) is 4.79. The van der Waals surface area contributed by atoms with E-state index in [1.54, 1.807) is 23.9 Å². The number of nitrogens with zero attached hydrogens (tertiary/aromatic N) is 2. The van der Waals surface area contributed by atoms with Gasteiger partial charge in [-0.15, -0.1) is 0 Å². The van der Waals surface area contributed by atoms with Crippen LogP contribution in [0.3, 0.4) is 0 Å². The Hall–Kier alpha value is -3.11. The van der Waals surface area contributed by atoms with Crippen LogP contribution >= 0.6 is 11.6 Å². The monoisotopic (exact) mass is 390 g/mol. The summed E-state index contributed by atoms with van der Waals surface area (Å²) in [6.07, 6.45) is 2.45. The van der Waals surface area contributed by atoms with Crippen molar-refractivity contribution in [1.29, 1.82) is 0 Å². The van der Waals surface area contributed by atoms with E-state index in [1.807, 2.05) is 60.7 Å². The Bertz CT molecular complexity index is 1170. The SMILES string of the molecule is COc1ccc(-c2cc(=O)n(CCc3ccccn3)c3ccc(Cl)cc23)cc1. The lowest BCUT2D eigenvalue weighted by Crippen LogP contribution is -2.21. The van der Waals surface area contributed by atoms with Gasteiger partial charge in [0.2, 0.25) is 0 Å². The molecule has 4 rings (SSSR count). The Kier molecular flexibility index (Phi) is 5.13. The maximum absolute atomic E-state index is 12.9. The largest absolute Gasteiger partial charge is 0.497 e. The average molecular weight is 391 g/mol. The first-order valence-corrected chi connectivity index (χ1v) is 9.41. The second-order valence-electron chi connectivity index (χ2n) is 6.51. The zero-order valence-electron chi connectivity index (χ0n) is 15.4. The van der Waals surface area contributed by atoms with Gasteiger partial charge >= 0.3 is 0 Å². The van der Waals surface area contributed by atoms with Crippen molar-refractivity contribution >= 4 is 22.5 Å². The number of fused-ring (bicyclic) bond motifs is 1. The number of benzene rings is 2. The van der Waals surface area contributed by atoms with E-state index in [9.17, 15) is 4.79 Å². The third kappa shape index (κ3) is 3.64. The van der Waals surface area contributed by atoms with Gasteiger partial charge in [0.05, 0.1) is 12.6 Å². The number of ether oxygens (including phenoxy) is 1. The summed E-state index contributed by atoms with van der Waals surface area (Å²) in [5.41, 5.74) is 3.58. The molecule has 0 saturated carbocycles. The van der Waals surface area contributed by atoms with Crippen molar-refractivity contribution in [3.63, 3.8) is 0 Å². The zero-order chi connectivity index (χ0) is 19.5. The van der Waals surface area contributed by atoms with Gasteiger partial charge in [-0.25, -0.2) is 0 Å². The van der Waals surface area contributed by atoms with Gasteiger partial charge in [-0.2, -0.15) is 0 Å². The summed E-state index contributed by atoms with van der Waals surface area (Å²) in [6.45, 7) is 0.552. The first kappa shape index (κ1) is 18.3. The normalized spacial score (nSPS) is 10.9. The topological polar surface area (TPSA) is 44.1 Å². The summed E-state index contributed by atoms with van der Waals surface area (Å²) in [4.78, 5) is 17.3. The van der Waals surface area contributed by atoms with Crippen molar-refractivity contribution in [3.8, 4) is 16.9 Å². The van der Waals surface area contributed by atoms with Gasteiger partial charge in [0.1, 0.15) is 5.75 Å². The van der Waals surface area contributed by atoms with Gasteiger partial charge < -0.3 is 9.30 Å². The van der Waals surface area contributed by atoms with Crippen molar-refractivity contribution in [3.05, 3.63) is 94.0 Å². The lowest BCUT2D eigenvalue weighted by atomic mass is 10.0. The maximum Gasteiger partial charge on any atom is 0.251 e. The third-order valence-corrected chi connectivity index (χ3v) is 5.03. The van der Waals surface area contributed by atoms with Crippen molar-refractivity contribution in [1.82, 2.24) is 9.55 Å². The molecular formula is C23H19ClN2O2. The van der Waals surface area contributed by atoms with Crippen molar-refractivity contribution in [2.24, 2.45) is 0 Å². The Morgan fingerprint density at radius 3 is 2.57 bits per heavy atom. The number of rotatable bonds is 5. The summed E-state index contributed by atoms with van der Waals surface area (Å²) < 4.78 is 7.02. The van der Waals surface area contributed by atoms with Crippen LogP contribution in [0.2, 0.25) is 5.02 Å². The highest BCUT2D eigenvalue weighted by Crippen LogP contribution is 2.30. The van der Waals surface area contributed by atoms with E-state index in [2.05, 4.69) is 4.98 Å². The average Bonchev–Trinajstić information content (AvgIpc) is 2.73. The molecule has 2 heterocycles. The molecule has 4 aromatic rings. The van der Waals surface area contributed by atoms with E-state index in [1.165, 1.54) is 0 Å². The molecule has 0 N–H and O–H groups in total. The van der Waals surface area contributed by atoms with Crippen molar-refractivity contribution in [2.75, 3.05) is 7.11 Å². The molecule has 0 saturated heterocycles. The van der Waals surface area contributed by atoms with Gasteiger partial charge in [-0.05, 0) is 53.6 Å². The van der Waals surface area contributed by atoms with E-state index in [0.29, 0.717) is 18.0 Å².